The minimum Gasteiger partial charge on any atom is -0.323 e. The third kappa shape index (κ3) is 3.65. The van der Waals surface area contributed by atoms with Crippen LogP contribution in [0.5, 0.6) is 0 Å². The van der Waals surface area contributed by atoms with Crippen LogP contribution in [-0.2, 0) is 0 Å². The predicted molar refractivity (Wildman–Crippen MR) is 90.7 cm³/mol. The molecule has 2 rings (SSSR count). The lowest BCUT2D eigenvalue weighted by Crippen LogP contribution is -2.58. The largest absolute Gasteiger partial charge is 0.323 e. The van der Waals surface area contributed by atoms with Crippen molar-refractivity contribution in [3.8, 4) is 0 Å². The predicted octanol–water partition coefficient (Wildman–Crippen LogP) is 2.64. The molecule has 1 unspecified atom stereocenters. The van der Waals surface area contributed by atoms with Crippen molar-refractivity contribution in [2.75, 3.05) is 33.2 Å². The Bertz CT molecular complexity index is 484. The summed E-state index contributed by atoms with van der Waals surface area (Å²) in [7, 11) is 2.21. The first kappa shape index (κ1) is 16.5. The monoisotopic (exact) mass is 289 g/mol. The first-order chi connectivity index (χ1) is 9.70. The van der Waals surface area contributed by atoms with E-state index in [1.54, 1.807) is 0 Å². The highest BCUT2D eigenvalue weighted by Crippen LogP contribution is 2.25. The van der Waals surface area contributed by atoms with Gasteiger partial charge in [0.2, 0.25) is 0 Å². The van der Waals surface area contributed by atoms with Gasteiger partial charge in [-0.25, -0.2) is 0 Å². The zero-order valence-corrected chi connectivity index (χ0v) is 14.5. The van der Waals surface area contributed by atoms with Gasteiger partial charge in [-0.15, -0.1) is 0 Å². The van der Waals surface area contributed by atoms with E-state index in [2.05, 4.69) is 63.6 Å². The molecule has 0 amide bonds. The van der Waals surface area contributed by atoms with Gasteiger partial charge in [-0.2, -0.15) is 0 Å². The summed E-state index contributed by atoms with van der Waals surface area (Å²) in [6.45, 7) is 15.4. The molecule has 1 aromatic rings. The molecule has 21 heavy (non-hydrogen) atoms. The first-order valence-electron chi connectivity index (χ1n) is 7.97. The van der Waals surface area contributed by atoms with E-state index in [0.717, 1.165) is 26.2 Å². The standard InChI is InChI=1S/C18H31N3/c1-13-9-14(2)17(15(3)10-13)16(19)11-21-8-7-20(6)18(4,5)12-21/h9-10,16H,7-8,11-12,19H2,1-6H3. The van der Waals surface area contributed by atoms with Crippen LogP contribution in [0.2, 0.25) is 0 Å². The Kier molecular flexibility index (Phi) is 4.76. The van der Waals surface area contributed by atoms with Crippen LogP contribution in [0, 0.1) is 20.8 Å². The van der Waals surface area contributed by atoms with Gasteiger partial charge in [-0.1, -0.05) is 17.7 Å². The average molecular weight is 289 g/mol. The van der Waals surface area contributed by atoms with E-state index >= 15 is 0 Å². The topological polar surface area (TPSA) is 32.5 Å². The number of hydrogen-bond acceptors (Lipinski definition) is 3. The highest BCUT2D eigenvalue weighted by atomic mass is 15.3. The number of hydrogen-bond donors (Lipinski definition) is 1. The zero-order chi connectivity index (χ0) is 15.8. The molecule has 0 bridgehead atoms. The van der Waals surface area contributed by atoms with Crippen LogP contribution < -0.4 is 5.73 Å². The van der Waals surface area contributed by atoms with Crippen molar-refractivity contribution in [3.63, 3.8) is 0 Å². The van der Waals surface area contributed by atoms with Gasteiger partial charge in [0.05, 0.1) is 0 Å². The van der Waals surface area contributed by atoms with Crippen LogP contribution in [0.15, 0.2) is 12.1 Å². The Balaban J connectivity index is 2.10. The Hall–Kier alpha value is -0.900. The van der Waals surface area contributed by atoms with Crippen molar-refractivity contribution in [2.24, 2.45) is 5.73 Å². The molecule has 1 aliphatic heterocycles. The van der Waals surface area contributed by atoms with Crippen LogP contribution in [0.25, 0.3) is 0 Å². The van der Waals surface area contributed by atoms with E-state index in [4.69, 9.17) is 5.73 Å². The third-order valence-electron chi connectivity index (χ3n) is 4.96. The third-order valence-corrected chi connectivity index (χ3v) is 4.96. The molecule has 0 aliphatic carbocycles. The fourth-order valence-electron chi connectivity index (χ4n) is 3.64. The van der Waals surface area contributed by atoms with Gasteiger partial charge in [0.25, 0.3) is 0 Å². The molecule has 3 nitrogen and oxygen atoms in total. The van der Waals surface area contributed by atoms with Crippen molar-refractivity contribution < 1.29 is 0 Å². The second-order valence-electron chi connectivity index (χ2n) is 7.39. The van der Waals surface area contributed by atoms with Crippen LogP contribution in [0.4, 0.5) is 0 Å². The summed E-state index contributed by atoms with van der Waals surface area (Å²) >= 11 is 0. The molecule has 1 aromatic carbocycles. The molecule has 0 spiro atoms. The van der Waals surface area contributed by atoms with Crippen molar-refractivity contribution >= 4 is 0 Å². The number of likely N-dealkylation sites (N-methyl/N-ethyl adjacent to an activating group) is 1. The molecule has 0 radical (unpaired) electrons. The highest BCUT2D eigenvalue weighted by Gasteiger charge is 2.31. The van der Waals surface area contributed by atoms with Gasteiger partial charge in [-0.05, 0) is 58.4 Å². The molecular weight excluding hydrogens is 258 g/mol. The van der Waals surface area contributed by atoms with Crippen LogP contribution in [0.3, 0.4) is 0 Å². The van der Waals surface area contributed by atoms with Gasteiger partial charge < -0.3 is 5.73 Å². The van der Waals surface area contributed by atoms with Crippen molar-refractivity contribution in [2.45, 2.75) is 46.2 Å². The number of benzene rings is 1. The zero-order valence-electron chi connectivity index (χ0n) is 14.5. The van der Waals surface area contributed by atoms with Gasteiger partial charge in [0.15, 0.2) is 0 Å². The van der Waals surface area contributed by atoms with Crippen LogP contribution in [0.1, 0.15) is 42.1 Å². The van der Waals surface area contributed by atoms with Crippen LogP contribution >= 0.6 is 0 Å². The van der Waals surface area contributed by atoms with E-state index in [0.29, 0.717) is 0 Å². The molecular formula is C18H31N3. The van der Waals surface area contributed by atoms with Gasteiger partial charge >= 0.3 is 0 Å². The summed E-state index contributed by atoms with van der Waals surface area (Å²) in [6, 6.07) is 4.59. The Morgan fingerprint density at radius 2 is 1.71 bits per heavy atom. The first-order valence-corrected chi connectivity index (χ1v) is 7.97. The normalized spacial score (nSPS) is 21.5. The molecule has 1 aliphatic rings. The van der Waals surface area contributed by atoms with Gasteiger partial charge in [-0.3, -0.25) is 9.80 Å². The second-order valence-corrected chi connectivity index (χ2v) is 7.39. The van der Waals surface area contributed by atoms with E-state index in [1.807, 2.05) is 0 Å². The van der Waals surface area contributed by atoms with E-state index in [-0.39, 0.29) is 11.6 Å². The highest BCUT2D eigenvalue weighted by molar-refractivity contribution is 5.39. The summed E-state index contributed by atoms with van der Waals surface area (Å²) in [5.74, 6) is 0. The molecule has 3 heteroatoms. The molecule has 118 valence electrons. The number of rotatable bonds is 3. The fraction of sp³-hybridized carbons (Fsp3) is 0.667. The fourth-order valence-corrected chi connectivity index (χ4v) is 3.64. The lowest BCUT2D eigenvalue weighted by Gasteiger charge is -2.46. The summed E-state index contributed by atoms with van der Waals surface area (Å²) < 4.78 is 0. The molecule has 2 N–H and O–H groups in total. The maximum atomic E-state index is 6.55. The quantitative estimate of drug-likeness (QED) is 0.928. The summed E-state index contributed by atoms with van der Waals surface area (Å²) in [6.07, 6.45) is 0. The van der Waals surface area contributed by atoms with E-state index < -0.39 is 0 Å². The number of piperazine rings is 1. The molecule has 0 saturated carbocycles. The number of aryl methyl sites for hydroxylation is 3. The van der Waals surface area contributed by atoms with E-state index in [9.17, 15) is 0 Å². The Labute approximate surface area is 130 Å². The molecule has 1 atom stereocenters. The van der Waals surface area contributed by atoms with Gasteiger partial charge in [0, 0.05) is 37.8 Å². The van der Waals surface area contributed by atoms with Crippen LogP contribution in [-0.4, -0.2) is 48.6 Å². The number of nitrogens with zero attached hydrogens (tertiary/aromatic N) is 2. The van der Waals surface area contributed by atoms with Gasteiger partial charge in [0.1, 0.15) is 0 Å². The second kappa shape index (κ2) is 6.07. The van der Waals surface area contributed by atoms with E-state index in [1.165, 1.54) is 22.3 Å². The van der Waals surface area contributed by atoms with Crippen molar-refractivity contribution in [3.05, 3.63) is 34.4 Å². The molecule has 1 heterocycles. The van der Waals surface area contributed by atoms with Crippen molar-refractivity contribution in [1.82, 2.24) is 9.80 Å². The summed E-state index contributed by atoms with van der Waals surface area (Å²) in [4.78, 5) is 4.96. The maximum absolute atomic E-state index is 6.55. The lowest BCUT2D eigenvalue weighted by molar-refractivity contribution is 0.0371. The van der Waals surface area contributed by atoms with Crippen molar-refractivity contribution in [1.29, 1.82) is 0 Å². The lowest BCUT2D eigenvalue weighted by atomic mass is 9.93. The summed E-state index contributed by atoms with van der Waals surface area (Å²) in [5, 5.41) is 0. The average Bonchev–Trinajstić information content (AvgIpc) is 2.32. The molecule has 0 aromatic heterocycles. The Morgan fingerprint density at radius 3 is 2.24 bits per heavy atom. The smallest absolute Gasteiger partial charge is 0.0429 e. The maximum Gasteiger partial charge on any atom is 0.0429 e. The minimum absolute atomic E-state index is 0.102. The Morgan fingerprint density at radius 1 is 1.14 bits per heavy atom. The molecule has 1 fully saturated rings. The number of nitrogens with two attached hydrogens (primary N) is 1. The summed E-state index contributed by atoms with van der Waals surface area (Å²) in [5.41, 5.74) is 12.1. The molecule has 1 saturated heterocycles. The SMILES string of the molecule is Cc1cc(C)c(C(N)CN2CCN(C)C(C)(C)C2)c(C)c1. The minimum atomic E-state index is 0.102.